The maximum Gasteiger partial charge on any atom is 0.325 e. The van der Waals surface area contributed by atoms with Crippen LogP contribution < -0.4 is 10.1 Å². The molecule has 0 bridgehead atoms. The smallest absolute Gasteiger partial charge is 0.325 e. The van der Waals surface area contributed by atoms with Crippen molar-refractivity contribution in [3.05, 3.63) is 65.2 Å². The summed E-state index contributed by atoms with van der Waals surface area (Å²) in [5.74, 6) is -3.91. The van der Waals surface area contributed by atoms with Crippen molar-refractivity contribution in [1.29, 1.82) is 0 Å². The van der Waals surface area contributed by atoms with Gasteiger partial charge in [0.15, 0.2) is 0 Å². The van der Waals surface area contributed by atoms with Crippen LogP contribution in [0.3, 0.4) is 0 Å². The first-order valence-corrected chi connectivity index (χ1v) is 19.2. The van der Waals surface area contributed by atoms with Gasteiger partial charge in [-0.15, -0.1) is 0 Å². The maximum atomic E-state index is 13.3. The van der Waals surface area contributed by atoms with Crippen LogP contribution in [0.15, 0.2) is 48.5 Å². The Labute approximate surface area is 323 Å². The van der Waals surface area contributed by atoms with Crippen molar-refractivity contribution in [2.24, 2.45) is 0 Å². The molecule has 0 aromatic heterocycles. The second kappa shape index (κ2) is 22.1. The molecule has 0 aliphatic carbocycles. The van der Waals surface area contributed by atoms with Gasteiger partial charge in [0.05, 0.1) is 26.2 Å². The Hall–Kier alpha value is -4.57. The van der Waals surface area contributed by atoms with Crippen molar-refractivity contribution in [1.82, 2.24) is 24.9 Å². The van der Waals surface area contributed by atoms with Crippen LogP contribution in [-0.2, 0) is 25.7 Å². The third-order valence-corrected chi connectivity index (χ3v) is 10.4. The van der Waals surface area contributed by atoms with Gasteiger partial charge in [0.2, 0.25) is 0 Å². The van der Waals surface area contributed by atoms with Crippen molar-refractivity contribution in [3.63, 3.8) is 0 Å². The summed E-state index contributed by atoms with van der Waals surface area (Å²) in [6, 6.07) is 10.9. The van der Waals surface area contributed by atoms with Gasteiger partial charge in [-0.05, 0) is 68.0 Å². The average Bonchev–Trinajstić information content (AvgIpc) is 3.14. The molecule has 1 fully saturated rings. The number of carboxylic acids is 4. The molecule has 2 aromatic carbocycles. The van der Waals surface area contributed by atoms with Crippen LogP contribution in [0.2, 0.25) is 0 Å². The number of benzene rings is 2. The van der Waals surface area contributed by atoms with E-state index in [0.29, 0.717) is 43.4 Å². The normalized spacial score (nSPS) is 21.5. The van der Waals surface area contributed by atoms with E-state index < -0.39 is 48.0 Å². The van der Waals surface area contributed by atoms with Crippen LogP contribution in [0.5, 0.6) is 5.75 Å². The topological polar surface area (TPSA) is 200 Å². The van der Waals surface area contributed by atoms with Gasteiger partial charge in [-0.2, -0.15) is 0 Å². The maximum absolute atomic E-state index is 13.3. The fourth-order valence-corrected chi connectivity index (χ4v) is 7.49. The first-order valence-electron chi connectivity index (χ1n) is 19.2. The summed E-state index contributed by atoms with van der Waals surface area (Å²) in [5, 5.41) is 43.7. The fraction of sp³-hybridized carbons (Fsp3) is 0.575. The number of carboxylic acid groups (broad SMARTS) is 4. The second-order valence-electron chi connectivity index (χ2n) is 14.0. The van der Waals surface area contributed by atoms with Crippen LogP contribution in [0.1, 0.15) is 87.8 Å². The van der Waals surface area contributed by atoms with Crippen molar-refractivity contribution in [2.75, 3.05) is 52.4 Å². The molecule has 1 heterocycles. The van der Waals surface area contributed by atoms with Gasteiger partial charge in [-0.1, -0.05) is 52.0 Å². The molecule has 15 heteroatoms. The number of nitrogens with zero attached hydrogens (tertiary/aromatic N) is 4. The van der Waals surface area contributed by atoms with Gasteiger partial charge in [0, 0.05) is 62.5 Å². The summed E-state index contributed by atoms with van der Waals surface area (Å²) >= 11 is 0. The minimum Gasteiger partial charge on any atom is -0.494 e. The van der Waals surface area contributed by atoms with Crippen molar-refractivity contribution >= 4 is 29.8 Å². The van der Waals surface area contributed by atoms with Crippen LogP contribution in [-0.4, -0.2) is 146 Å². The zero-order valence-corrected chi connectivity index (χ0v) is 32.7. The number of nitrogens with one attached hydrogen (secondary N) is 1. The van der Waals surface area contributed by atoms with Gasteiger partial charge in [-0.3, -0.25) is 43.6 Å². The predicted octanol–water partition coefficient (Wildman–Crippen LogP) is 3.73. The number of rotatable bonds is 18. The monoisotopic (exact) mass is 769 g/mol. The average molecular weight is 770 g/mol. The van der Waals surface area contributed by atoms with Crippen molar-refractivity contribution < 1.29 is 49.1 Å². The Balaban J connectivity index is 2.06. The third-order valence-electron chi connectivity index (χ3n) is 10.4. The van der Waals surface area contributed by atoms with E-state index in [0.717, 1.165) is 11.3 Å². The molecular formula is C40H59N5O10. The first-order chi connectivity index (χ1) is 26.2. The summed E-state index contributed by atoms with van der Waals surface area (Å²) in [4.78, 5) is 70.4. The lowest BCUT2D eigenvalue weighted by Gasteiger charge is -2.46. The SMILES string of the molecule is CCOc1ccc(CNC(=O)c2ccc(C(C(=O)O)N3C[C@@H](CC)N(CC(=O)O)C[C@@H](CC)N(CC(=O)O)C[C@@H](CC)N(CC(=O)O)C[C@H]3CC)cc2)cc1. The summed E-state index contributed by atoms with van der Waals surface area (Å²) < 4.78 is 5.48. The van der Waals surface area contributed by atoms with E-state index in [1.807, 2.05) is 68.7 Å². The number of carbonyl (C=O) groups excluding carboxylic acids is 1. The Kier molecular flexibility index (Phi) is 18.0. The highest BCUT2D eigenvalue weighted by Gasteiger charge is 2.39. The lowest BCUT2D eigenvalue weighted by Crippen LogP contribution is -2.60. The lowest BCUT2D eigenvalue weighted by atomic mass is 9.97. The molecule has 0 spiro atoms. The summed E-state index contributed by atoms with van der Waals surface area (Å²) in [6.07, 6.45) is 1.91. The highest BCUT2D eigenvalue weighted by Crippen LogP contribution is 2.29. The molecule has 0 saturated carbocycles. The van der Waals surface area contributed by atoms with Crippen LogP contribution in [0, 0.1) is 0 Å². The Bertz CT molecular complexity index is 1540. The van der Waals surface area contributed by atoms with E-state index in [4.69, 9.17) is 4.74 Å². The molecule has 1 aliphatic heterocycles. The van der Waals surface area contributed by atoms with Gasteiger partial charge < -0.3 is 30.5 Å². The number of hydrogen-bond acceptors (Lipinski definition) is 10. The van der Waals surface area contributed by atoms with Crippen LogP contribution in [0.4, 0.5) is 0 Å². The molecule has 55 heavy (non-hydrogen) atoms. The quantitative estimate of drug-likeness (QED) is 0.147. The molecule has 1 saturated heterocycles. The highest BCUT2D eigenvalue weighted by molar-refractivity contribution is 5.94. The first kappa shape index (κ1) is 44.8. The minimum atomic E-state index is -1.22. The zero-order chi connectivity index (χ0) is 40.7. The van der Waals surface area contributed by atoms with E-state index in [9.17, 15) is 44.4 Å². The van der Waals surface area contributed by atoms with Gasteiger partial charge in [0.25, 0.3) is 5.91 Å². The molecule has 5 atom stereocenters. The van der Waals surface area contributed by atoms with E-state index >= 15 is 0 Å². The summed E-state index contributed by atoms with van der Waals surface area (Å²) in [5.41, 5.74) is 1.63. The van der Waals surface area contributed by atoms with E-state index in [1.165, 1.54) is 0 Å². The number of amides is 1. The molecule has 2 aromatic rings. The van der Waals surface area contributed by atoms with E-state index in [2.05, 4.69) is 5.32 Å². The van der Waals surface area contributed by atoms with E-state index in [-0.39, 0.29) is 64.3 Å². The molecule has 0 radical (unpaired) electrons. The molecule has 3 rings (SSSR count). The van der Waals surface area contributed by atoms with Crippen molar-refractivity contribution in [2.45, 2.75) is 97.1 Å². The number of hydrogen-bond donors (Lipinski definition) is 5. The third kappa shape index (κ3) is 13.3. The number of carbonyl (C=O) groups is 5. The Morgan fingerprint density at radius 3 is 1.47 bits per heavy atom. The predicted molar refractivity (Wildman–Crippen MR) is 206 cm³/mol. The zero-order valence-electron chi connectivity index (χ0n) is 32.7. The molecule has 15 nitrogen and oxygen atoms in total. The van der Waals surface area contributed by atoms with Crippen LogP contribution >= 0.6 is 0 Å². The molecule has 1 unspecified atom stereocenters. The van der Waals surface area contributed by atoms with E-state index in [1.54, 1.807) is 34.1 Å². The number of ether oxygens (including phenoxy) is 1. The molecule has 5 N–H and O–H groups in total. The minimum absolute atomic E-state index is 0.136. The van der Waals surface area contributed by atoms with Crippen molar-refractivity contribution in [3.8, 4) is 5.75 Å². The summed E-state index contributed by atoms with van der Waals surface area (Å²) in [6.45, 7) is 10.1. The van der Waals surface area contributed by atoms with Gasteiger partial charge in [0.1, 0.15) is 11.8 Å². The lowest BCUT2D eigenvalue weighted by molar-refractivity contribution is -0.148. The molecular weight excluding hydrogens is 710 g/mol. The largest absolute Gasteiger partial charge is 0.494 e. The standard InChI is InChI=1S/C40H59N5O10/c1-6-30-21-43(25-36(48)49)32(8-3)23-45(33(9-4)22-44(26-37(50)51)31(7-2)20-42(30)24-35(46)47)38(40(53)54)28-13-15-29(16-14-28)39(52)41-19-27-11-17-34(18-12-27)55-10-5/h11-18,30-33,38H,6-10,19-26H2,1-5H3,(H,41,52)(H,46,47)(H,48,49)(H,50,51)(H,53,54)/t30-,31-,32-,33-,38?/m1/s1. The highest BCUT2D eigenvalue weighted by atomic mass is 16.5. The summed E-state index contributed by atoms with van der Waals surface area (Å²) in [7, 11) is 0. The molecule has 1 aliphatic rings. The Morgan fingerprint density at radius 2 is 1.07 bits per heavy atom. The van der Waals surface area contributed by atoms with Crippen LogP contribution in [0.25, 0.3) is 0 Å². The molecule has 304 valence electrons. The second-order valence-corrected chi connectivity index (χ2v) is 14.0. The van der Waals surface area contributed by atoms with Gasteiger partial charge in [-0.25, -0.2) is 0 Å². The number of aliphatic carboxylic acids is 4. The Morgan fingerprint density at radius 1 is 0.636 bits per heavy atom. The molecule has 1 amide bonds. The fourth-order valence-electron chi connectivity index (χ4n) is 7.49. The van der Waals surface area contributed by atoms with Gasteiger partial charge >= 0.3 is 23.9 Å².